The van der Waals surface area contributed by atoms with E-state index in [1.807, 2.05) is 49.8 Å². The molecule has 0 aliphatic carbocycles. The predicted molar refractivity (Wildman–Crippen MR) is 134 cm³/mol. The lowest BCUT2D eigenvalue weighted by atomic mass is 10.2. The number of halogens is 1. The van der Waals surface area contributed by atoms with Crippen molar-refractivity contribution in [2.45, 2.75) is 45.3 Å². The molecule has 0 atom stereocenters. The van der Waals surface area contributed by atoms with Gasteiger partial charge in [0.15, 0.2) is 0 Å². The zero-order valence-electron chi connectivity index (χ0n) is 20.0. The zero-order chi connectivity index (χ0) is 24.5. The highest BCUT2D eigenvalue weighted by Crippen LogP contribution is 2.27. The molecule has 4 rings (SSSR count). The summed E-state index contributed by atoms with van der Waals surface area (Å²) in [6, 6.07) is 1.63. The smallest absolute Gasteiger partial charge is 0.244 e. The number of aromatic nitrogens is 5. The minimum Gasteiger partial charge on any atom is -0.353 e. The van der Waals surface area contributed by atoms with E-state index in [1.165, 1.54) is 5.56 Å². The molecule has 0 saturated carbocycles. The highest BCUT2D eigenvalue weighted by Gasteiger charge is 2.27. The van der Waals surface area contributed by atoms with Crippen molar-refractivity contribution in [3.8, 4) is 0 Å². The minimum atomic E-state index is -3.80. The first-order valence-corrected chi connectivity index (χ1v) is 13.6. The molecule has 184 valence electrons. The fourth-order valence-electron chi connectivity index (χ4n) is 4.32. The number of hydrogen-bond donors (Lipinski definition) is 1. The normalized spacial score (nSPS) is 15.3. The van der Waals surface area contributed by atoms with Gasteiger partial charge in [0, 0.05) is 86.5 Å². The summed E-state index contributed by atoms with van der Waals surface area (Å²) >= 11 is 3.39. The number of nitrogens with one attached hydrogen (secondary N) is 1. The van der Waals surface area contributed by atoms with Crippen LogP contribution in [0.25, 0.3) is 0 Å². The topological polar surface area (TPSA) is 101 Å². The summed E-state index contributed by atoms with van der Waals surface area (Å²) in [5, 5.41) is 8.72. The molecular weight excluding hydrogens is 520 g/mol. The summed E-state index contributed by atoms with van der Waals surface area (Å²) in [5.41, 5.74) is 3.88. The van der Waals surface area contributed by atoms with Crippen molar-refractivity contribution in [1.29, 1.82) is 0 Å². The predicted octanol–water partition coefficient (Wildman–Crippen LogP) is 2.21. The second-order valence-electron chi connectivity index (χ2n) is 8.55. The number of hydrogen-bond acceptors (Lipinski definition) is 7. The average molecular weight is 552 g/mol. The number of pyridine rings is 1. The van der Waals surface area contributed by atoms with E-state index in [0.29, 0.717) is 23.4 Å². The van der Waals surface area contributed by atoms with E-state index in [2.05, 4.69) is 40.7 Å². The Hall–Kier alpha value is -2.28. The molecule has 1 aliphatic heterocycles. The van der Waals surface area contributed by atoms with Gasteiger partial charge in [0.1, 0.15) is 10.7 Å². The molecule has 1 saturated heterocycles. The molecule has 0 unspecified atom stereocenters. The Morgan fingerprint density at radius 3 is 2.50 bits per heavy atom. The molecule has 1 fully saturated rings. The van der Waals surface area contributed by atoms with Gasteiger partial charge < -0.3 is 4.90 Å². The Morgan fingerprint density at radius 2 is 1.88 bits per heavy atom. The van der Waals surface area contributed by atoms with Crippen molar-refractivity contribution in [3.63, 3.8) is 0 Å². The molecule has 1 N–H and O–H groups in total. The first-order chi connectivity index (χ1) is 16.2. The number of sulfonamides is 1. The van der Waals surface area contributed by atoms with Gasteiger partial charge in [-0.25, -0.2) is 18.1 Å². The van der Waals surface area contributed by atoms with Crippen molar-refractivity contribution in [3.05, 3.63) is 51.6 Å². The molecule has 3 aromatic heterocycles. The Kier molecular flexibility index (Phi) is 7.41. The Bertz CT molecular complexity index is 1260. The minimum absolute atomic E-state index is 0.181. The SMILES string of the molecule is CCn1nc(C)c(CNS(=O)(=O)c2cc(Br)cnc2N2CCN(Cc3cnn(C)c3)CC2)c1C. The molecule has 3 aromatic rings. The second kappa shape index (κ2) is 10.1. The standard InChI is InChI=1S/C22H31BrN8O2S/c1-5-31-17(3)20(16(2)27-31)13-26-34(32,33)21-10-19(23)12-24-22(21)30-8-6-29(7-9-30)15-18-11-25-28(4)14-18/h10-12,14,26H,5-9,13,15H2,1-4H3. The van der Waals surface area contributed by atoms with Crippen LogP contribution in [0.15, 0.2) is 34.0 Å². The number of piperazine rings is 1. The number of rotatable bonds is 8. The summed E-state index contributed by atoms with van der Waals surface area (Å²) in [6.07, 6.45) is 5.55. The Morgan fingerprint density at radius 1 is 1.15 bits per heavy atom. The molecular formula is C22H31BrN8O2S. The van der Waals surface area contributed by atoms with E-state index in [9.17, 15) is 8.42 Å². The van der Waals surface area contributed by atoms with Gasteiger partial charge >= 0.3 is 0 Å². The molecule has 0 radical (unpaired) electrons. The van der Waals surface area contributed by atoms with Gasteiger partial charge in [-0.1, -0.05) is 0 Å². The van der Waals surface area contributed by atoms with E-state index in [4.69, 9.17) is 0 Å². The molecule has 4 heterocycles. The van der Waals surface area contributed by atoms with E-state index >= 15 is 0 Å². The van der Waals surface area contributed by atoms with Crippen LogP contribution < -0.4 is 9.62 Å². The molecule has 1 aliphatic rings. The molecule has 0 spiro atoms. The lowest BCUT2D eigenvalue weighted by Gasteiger charge is -2.35. The van der Waals surface area contributed by atoms with Crippen molar-refractivity contribution in [1.82, 2.24) is 34.2 Å². The van der Waals surface area contributed by atoms with Crippen molar-refractivity contribution in [2.75, 3.05) is 31.1 Å². The van der Waals surface area contributed by atoms with Gasteiger partial charge in [-0.2, -0.15) is 10.2 Å². The van der Waals surface area contributed by atoms with Crippen LogP contribution in [-0.4, -0.2) is 64.0 Å². The fourth-order valence-corrected chi connectivity index (χ4v) is 6.00. The lowest BCUT2D eigenvalue weighted by Crippen LogP contribution is -2.46. The Balaban J connectivity index is 1.49. The summed E-state index contributed by atoms with van der Waals surface area (Å²) in [6.45, 7) is 10.6. The third kappa shape index (κ3) is 5.35. The lowest BCUT2D eigenvalue weighted by molar-refractivity contribution is 0.249. The quantitative estimate of drug-likeness (QED) is 0.458. The third-order valence-corrected chi connectivity index (χ3v) is 8.03. The summed E-state index contributed by atoms with van der Waals surface area (Å²) in [5.74, 6) is 0.481. The van der Waals surface area contributed by atoms with E-state index in [1.54, 1.807) is 16.9 Å². The van der Waals surface area contributed by atoms with Crippen LogP contribution in [0.2, 0.25) is 0 Å². The summed E-state index contributed by atoms with van der Waals surface area (Å²) in [4.78, 5) is 9.07. The first-order valence-electron chi connectivity index (χ1n) is 11.3. The monoisotopic (exact) mass is 550 g/mol. The van der Waals surface area contributed by atoms with Gasteiger partial charge in [0.25, 0.3) is 0 Å². The van der Waals surface area contributed by atoms with Gasteiger partial charge in [0.2, 0.25) is 10.0 Å². The maximum atomic E-state index is 13.4. The summed E-state index contributed by atoms with van der Waals surface area (Å²) in [7, 11) is -1.89. The number of nitrogens with zero attached hydrogens (tertiary/aromatic N) is 7. The van der Waals surface area contributed by atoms with Crippen LogP contribution in [-0.2, 0) is 36.7 Å². The molecule has 0 amide bonds. The highest BCUT2D eigenvalue weighted by atomic mass is 79.9. The Labute approximate surface area is 209 Å². The van der Waals surface area contributed by atoms with Crippen LogP contribution in [0, 0.1) is 13.8 Å². The largest absolute Gasteiger partial charge is 0.353 e. The van der Waals surface area contributed by atoms with Gasteiger partial charge in [-0.3, -0.25) is 14.3 Å². The number of anilines is 1. The van der Waals surface area contributed by atoms with Crippen LogP contribution in [0.5, 0.6) is 0 Å². The van der Waals surface area contributed by atoms with Gasteiger partial charge in [0.05, 0.1) is 11.9 Å². The molecule has 10 nitrogen and oxygen atoms in total. The van der Waals surface area contributed by atoms with Crippen LogP contribution >= 0.6 is 15.9 Å². The van der Waals surface area contributed by atoms with Crippen molar-refractivity contribution < 1.29 is 8.42 Å². The molecule has 0 aromatic carbocycles. The molecule has 34 heavy (non-hydrogen) atoms. The molecule has 12 heteroatoms. The fraction of sp³-hybridized carbons (Fsp3) is 0.500. The first kappa shape index (κ1) is 24.8. The van der Waals surface area contributed by atoms with Crippen molar-refractivity contribution in [2.24, 2.45) is 7.05 Å². The van der Waals surface area contributed by atoms with E-state index in [0.717, 1.165) is 43.1 Å². The average Bonchev–Trinajstić information content (AvgIpc) is 3.34. The van der Waals surface area contributed by atoms with Gasteiger partial charge in [-0.15, -0.1) is 0 Å². The summed E-state index contributed by atoms with van der Waals surface area (Å²) < 4.78 is 33.8. The molecule has 0 bridgehead atoms. The zero-order valence-corrected chi connectivity index (χ0v) is 22.4. The second-order valence-corrected chi connectivity index (χ2v) is 11.2. The van der Waals surface area contributed by atoms with E-state index in [-0.39, 0.29) is 11.4 Å². The highest BCUT2D eigenvalue weighted by molar-refractivity contribution is 9.10. The third-order valence-electron chi connectivity index (χ3n) is 6.20. The maximum Gasteiger partial charge on any atom is 0.244 e. The van der Waals surface area contributed by atoms with Crippen LogP contribution in [0.1, 0.15) is 29.4 Å². The number of aryl methyl sites for hydroxylation is 3. The maximum absolute atomic E-state index is 13.4. The van der Waals surface area contributed by atoms with Crippen molar-refractivity contribution >= 4 is 31.8 Å². The van der Waals surface area contributed by atoms with Crippen LogP contribution in [0.4, 0.5) is 5.82 Å². The van der Waals surface area contributed by atoms with Crippen LogP contribution in [0.3, 0.4) is 0 Å². The van der Waals surface area contributed by atoms with Gasteiger partial charge in [-0.05, 0) is 42.8 Å². The van der Waals surface area contributed by atoms with E-state index < -0.39 is 10.0 Å².